The van der Waals surface area contributed by atoms with E-state index in [1.54, 1.807) is 13.0 Å². The number of nitriles is 1. The lowest BCUT2D eigenvalue weighted by atomic mass is 10.1. The van der Waals surface area contributed by atoms with Gasteiger partial charge in [-0.05, 0) is 6.92 Å². The predicted octanol–water partition coefficient (Wildman–Crippen LogP) is 2.11. The van der Waals surface area contributed by atoms with E-state index in [0.29, 0.717) is 27.6 Å². The molecule has 0 saturated heterocycles. The highest BCUT2D eigenvalue weighted by molar-refractivity contribution is 6.33. The summed E-state index contributed by atoms with van der Waals surface area (Å²) in [6, 6.07) is 3.59. The zero-order chi connectivity index (χ0) is 10.0. The summed E-state index contributed by atoms with van der Waals surface area (Å²) in [7, 11) is 1.52. The molecule has 0 aliphatic heterocycles. The Balaban J connectivity index is 3.50. The van der Waals surface area contributed by atoms with Gasteiger partial charge in [0.1, 0.15) is 11.8 Å². The van der Waals surface area contributed by atoms with Gasteiger partial charge in [0.15, 0.2) is 0 Å². The lowest BCUT2D eigenvalue weighted by Crippen LogP contribution is -1.97. The number of hydrogen-bond donors (Lipinski definition) is 1. The monoisotopic (exact) mass is 196 g/mol. The van der Waals surface area contributed by atoms with Crippen LogP contribution in [0.2, 0.25) is 5.02 Å². The minimum Gasteiger partial charge on any atom is -0.496 e. The molecule has 3 nitrogen and oxygen atoms in total. The summed E-state index contributed by atoms with van der Waals surface area (Å²) in [4.78, 5) is 0. The van der Waals surface area contributed by atoms with E-state index in [1.165, 1.54) is 7.11 Å². The fourth-order valence-electron chi connectivity index (χ4n) is 1.10. The molecule has 0 spiro atoms. The third-order valence-electron chi connectivity index (χ3n) is 1.86. The quantitative estimate of drug-likeness (QED) is 0.700. The Morgan fingerprint density at radius 2 is 2.23 bits per heavy atom. The minimum absolute atomic E-state index is 0.308. The van der Waals surface area contributed by atoms with E-state index in [4.69, 9.17) is 27.3 Å². The number of halogens is 1. The molecule has 68 valence electrons. The maximum Gasteiger partial charge on any atom is 0.124 e. The molecule has 0 aromatic heterocycles. The second-order valence-electron chi connectivity index (χ2n) is 2.59. The van der Waals surface area contributed by atoms with Crippen LogP contribution < -0.4 is 10.5 Å². The van der Waals surface area contributed by atoms with Crippen LogP contribution in [0.25, 0.3) is 0 Å². The average Bonchev–Trinajstić information content (AvgIpc) is 2.12. The summed E-state index contributed by atoms with van der Waals surface area (Å²) in [5.74, 6) is 0.579. The molecule has 0 aliphatic carbocycles. The van der Waals surface area contributed by atoms with Crippen LogP contribution in [0.15, 0.2) is 6.07 Å². The number of anilines is 1. The third-order valence-corrected chi connectivity index (χ3v) is 2.17. The van der Waals surface area contributed by atoms with Crippen molar-refractivity contribution in [2.45, 2.75) is 6.92 Å². The van der Waals surface area contributed by atoms with Crippen LogP contribution >= 0.6 is 11.6 Å². The van der Waals surface area contributed by atoms with Gasteiger partial charge in [0, 0.05) is 11.6 Å². The molecule has 2 N–H and O–H groups in total. The number of nitrogens with two attached hydrogens (primary N) is 1. The van der Waals surface area contributed by atoms with Crippen molar-refractivity contribution in [2.75, 3.05) is 12.8 Å². The van der Waals surface area contributed by atoms with E-state index >= 15 is 0 Å². The molecule has 1 aromatic rings. The predicted molar refractivity (Wildman–Crippen MR) is 51.9 cm³/mol. The maximum atomic E-state index is 8.80. The SMILES string of the molecule is COc1cc(Cl)c(N)c(C#N)c1C. The number of nitrogens with zero attached hydrogens (tertiary/aromatic N) is 1. The molecule has 0 aliphatic rings. The molecular formula is C9H9ClN2O. The van der Waals surface area contributed by atoms with Gasteiger partial charge >= 0.3 is 0 Å². The summed E-state index contributed by atoms with van der Waals surface area (Å²) < 4.78 is 5.03. The molecule has 4 heteroatoms. The highest BCUT2D eigenvalue weighted by Crippen LogP contribution is 2.32. The van der Waals surface area contributed by atoms with Gasteiger partial charge in [-0.2, -0.15) is 5.26 Å². The zero-order valence-corrected chi connectivity index (χ0v) is 8.14. The highest BCUT2D eigenvalue weighted by atomic mass is 35.5. The fourth-order valence-corrected chi connectivity index (χ4v) is 1.30. The molecule has 0 atom stereocenters. The molecule has 1 rings (SSSR count). The molecule has 0 heterocycles. The Kier molecular flexibility index (Phi) is 2.64. The van der Waals surface area contributed by atoms with Crippen LogP contribution in [0.4, 0.5) is 5.69 Å². The van der Waals surface area contributed by atoms with Crippen molar-refractivity contribution in [3.8, 4) is 11.8 Å². The van der Waals surface area contributed by atoms with Crippen LogP contribution in [0, 0.1) is 18.3 Å². The molecule has 0 radical (unpaired) electrons. The molecule has 13 heavy (non-hydrogen) atoms. The first-order valence-corrected chi connectivity index (χ1v) is 4.02. The van der Waals surface area contributed by atoms with E-state index in [2.05, 4.69) is 0 Å². The van der Waals surface area contributed by atoms with Crippen molar-refractivity contribution < 1.29 is 4.74 Å². The van der Waals surface area contributed by atoms with Crippen LogP contribution in [0.1, 0.15) is 11.1 Å². The van der Waals surface area contributed by atoms with Gasteiger partial charge in [-0.25, -0.2) is 0 Å². The Morgan fingerprint density at radius 1 is 1.62 bits per heavy atom. The van der Waals surface area contributed by atoms with Crippen LogP contribution in [-0.2, 0) is 0 Å². The van der Waals surface area contributed by atoms with Crippen molar-refractivity contribution in [3.63, 3.8) is 0 Å². The number of rotatable bonds is 1. The molecular weight excluding hydrogens is 188 g/mol. The van der Waals surface area contributed by atoms with E-state index < -0.39 is 0 Å². The van der Waals surface area contributed by atoms with E-state index in [9.17, 15) is 0 Å². The van der Waals surface area contributed by atoms with Crippen LogP contribution in [0.5, 0.6) is 5.75 Å². The first kappa shape index (κ1) is 9.69. The summed E-state index contributed by atoms with van der Waals surface area (Å²) in [6.07, 6.45) is 0. The second kappa shape index (κ2) is 3.55. The van der Waals surface area contributed by atoms with Crippen molar-refractivity contribution in [3.05, 3.63) is 22.2 Å². The summed E-state index contributed by atoms with van der Waals surface area (Å²) >= 11 is 5.79. The van der Waals surface area contributed by atoms with Crippen LogP contribution in [0.3, 0.4) is 0 Å². The number of nitrogen functional groups attached to an aromatic ring is 1. The number of ether oxygens (including phenoxy) is 1. The van der Waals surface area contributed by atoms with E-state index in [-0.39, 0.29) is 0 Å². The fraction of sp³-hybridized carbons (Fsp3) is 0.222. The average molecular weight is 197 g/mol. The minimum atomic E-state index is 0.308. The van der Waals surface area contributed by atoms with Gasteiger partial charge in [-0.3, -0.25) is 0 Å². The van der Waals surface area contributed by atoms with Gasteiger partial charge in [-0.15, -0.1) is 0 Å². The van der Waals surface area contributed by atoms with Gasteiger partial charge in [0.2, 0.25) is 0 Å². The summed E-state index contributed by atoms with van der Waals surface area (Å²) in [5.41, 5.74) is 7.01. The second-order valence-corrected chi connectivity index (χ2v) is 2.99. The number of hydrogen-bond acceptors (Lipinski definition) is 3. The Labute approximate surface area is 81.7 Å². The molecule has 0 amide bonds. The van der Waals surface area contributed by atoms with Gasteiger partial charge in [0.25, 0.3) is 0 Å². The van der Waals surface area contributed by atoms with Crippen LogP contribution in [-0.4, -0.2) is 7.11 Å². The molecule has 0 unspecified atom stereocenters. The van der Waals surface area contributed by atoms with Gasteiger partial charge in [-0.1, -0.05) is 11.6 Å². The van der Waals surface area contributed by atoms with Gasteiger partial charge in [0.05, 0.1) is 23.4 Å². The largest absolute Gasteiger partial charge is 0.496 e. The molecule has 0 saturated carbocycles. The Bertz CT molecular complexity index is 382. The van der Waals surface area contributed by atoms with Gasteiger partial charge < -0.3 is 10.5 Å². The zero-order valence-electron chi connectivity index (χ0n) is 7.39. The molecule has 0 fully saturated rings. The lowest BCUT2D eigenvalue weighted by Gasteiger charge is -2.09. The van der Waals surface area contributed by atoms with Crippen molar-refractivity contribution >= 4 is 17.3 Å². The Morgan fingerprint density at radius 3 is 2.69 bits per heavy atom. The van der Waals surface area contributed by atoms with E-state index in [0.717, 1.165) is 0 Å². The number of methoxy groups -OCH3 is 1. The van der Waals surface area contributed by atoms with E-state index in [1.807, 2.05) is 6.07 Å². The van der Waals surface area contributed by atoms with Crippen molar-refractivity contribution in [1.29, 1.82) is 5.26 Å². The first-order chi connectivity index (χ1) is 6.11. The van der Waals surface area contributed by atoms with Crippen molar-refractivity contribution in [1.82, 2.24) is 0 Å². The standard InChI is InChI=1S/C9H9ClN2O/c1-5-6(4-11)9(12)7(10)3-8(5)13-2/h3H,12H2,1-2H3. The highest BCUT2D eigenvalue weighted by Gasteiger charge is 2.11. The normalized spacial score (nSPS) is 9.38. The summed E-state index contributed by atoms with van der Waals surface area (Å²) in [6.45, 7) is 1.77. The maximum absolute atomic E-state index is 8.80. The topological polar surface area (TPSA) is 59.0 Å². The first-order valence-electron chi connectivity index (χ1n) is 3.64. The summed E-state index contributed by atoms with van der Waals surface area (Å²) in [5, 5.41) is 9.15. The number of benzene rings is 1. The third kappa shape index (κ3) is 1.53. The Hall–Kier alpha value is -1.40. The van der Waals surface area contributed by atoms with Crippen molar-refractivity contribution in [2.24, 2.45) is 0 Å². The molecule has 1 aromatic carbocycles. The lowest BCUT2D eigenvalue weighted by molar-refractivity contribution is 0.411. The molecule has 0 bridgehead atoms. The smallest absolute Gasteiger partial charge is 0.124 e.